The van der Waals surface area contributed by atoms with Crippen molar-refractivity contribution in [3.8, 4) is 0 Å². The van der Waals surface area contributed by atoms with Gasteiger partial charge in [0.2, 0.25) is 0 Å². The lowest BCUT2D eigenvalue weighted by Crippen LogP contribution is -2.57. The molecule has 2 aliphatic heterocycles. The van der Waals surface area contributed by atoms with E-state index in [4.69, 9.17) is 14.8 Å². The minimum absolute atomic E-state index is 0.162. The topological polar surface area (TPSA) is 62.9 Å². The molecule has 6 nitrogen and oxygen atoms in total. The Hall–Kier alpha value is -1.24. The molecule has 0 aromatic rings. The van der Waals surface area contributed by atoms with E-state index in [9.17, 15) is 4.79 Å². The van der Waals surface area contributed by atoms with Gasteiger partial charge in [-0.2, -0.15) is 5.06 Å². The molecule has 4 aliphatic carbocycles. The summed E-state index contributed by atoms with van der Waals surface area (Å²) >= 11 is 0. The monoisotopic (exact) mass is 441 g/mol. The van der Waals surface area contributed by atoms with E-state index in [1.54, 1.807) is 6.08 Å². The van der Waals surface area contributed by atoms with Crippen molar-refractivity contribution in [3.05, 3.63) is 12.7 Å². The maximum atomic E-state index is 12.9. The Morgan fingerprint density at radius 1 is 1.25 bits per heavy atom. The van der Waals surface area contributed by atoms with Crippen LogP contribution in [0.15, 0.2) is 17.8 Å². The van der Waals surface area contributed by atoms with Crippen LogP contribution in [0.1, 0.15) is 65.2 Å². The number of fused-ring (bicyclic) bond motifs is 6. The van der Waals surface area contributed by atoms with Gasteiger partial charge in [0.25, 0.3) is 0 Å². The molecule has 6 heteroatoms. The van der Waals surface area contributed by atoms with Crippen LogP contribution in [0, 0.1) is 34.5 Å². The Labute approximate surface area is 192 Å². The number of hydroxylamine groups is 2. The quantitative estimate of drug-likeness (QED) is 0.305. The van der Waals surface area contributed by atoms with E-state index >= 15 is 0 Å². The van der Waals surface area contributed by atoms with Crippen molar-refractivity contribution in [1.29, 1.82) is 0 Å². The van der Waals surface area contributed by atoms with Crippen molar-refractivity contribution < 1.29 is 14.5 Å². The first-order chi connectivity index (χ1) is 15.5. The molecule has 6 fully saturated rings. The van der Waals surface area contributed by atoms with Crippen molar-refractivity contribution in [2.45, 2.75) is 83.4 Å². The van der Waals surface area contributed by atoms with Gasteiger partial charge in [-0.3, -0.25) is 9.63 Å². The first kappa shape index (κ1) is 21.3. The van der Waals surface area contributed by atoms with Crippen LogP contribution in [-0.4, -0.2) is 54.4 Å². The van der Waals surface area contributed by atoms with E-state index < -0.39 is 0 Å². The smallest absolute Gasteiger partial charge is 0.139 e. The van der Waals surface area contributed by atoms with Crippen molar-refractivity contribution in [2.75, 3.05) is 19.7 Å². The first-order valence-corrected chi connectivity index (χ1v) is 12.9. The summed E-state index contributed by atoms with van der Waals surface area (Å²) in [6.07, 6.45) is 10.6. The SMILES string of the molecule is C=CCO/N=C1\CC2CC3C(C[C@]2(C)[C@H]2CC[C@]4(C)C(=O)CC[C@H]4[C@H]12)N3O[C@@H]1CCNC1. The fraction of sp³-hybridized carbons (Fsp3) is 0.846. The standard InChI is InChI=1S/C26H39N3O3/c1-4-11-31-28-20-12-16-13-21-22(29(21)32-17-8-10-27-15-17)14-26(16,3)19-7-9-25(2)18(24(19)20)5-6-23(25)30/h4,16-19,21-22,24,27H,1,5-15H2,2-3H3/b28-20+/t16?,17-,18+,19+,21?,22?,24+,25+,26+,29?/m1/s1. The number of hydrogen-bond acceptors (Lipinski definition) is 6. The highest BCUT2D eigenvalue weighted by Crippen LogP contribution is 2.67. The lowest BCUT2D eigenvalue weighted by molar-refractivity contribution is -0.132. The average molecular weight is 442 g/mol. The predicted molar refractivity (Wildman–Crippen MR) is 123 cm³/mol. The molecule has 0 bridgehead atoms. The average Bonchev–Trinajstić information content (AvgIpc) is 3.09. The summed E-state index contributed by atoms with van der Waals surface area (Å²) in [7, 11) is 0. The number of Topliss-reactive ketones (excluding diaryl/α,β-unsaturated/α-hetero) is 1. The van der Waals surface area contributed by atoms with Crippen LogP contribution in [0.2, 0.25) is 0 Å². The zero-order valence-corrected chi connectivity index (χ0v) is 19.7. The van der Waals surface area contributed by atoms with Gasteiger partial charge in [-0.25, -0.2) is 0 Å². The molecular weight excluding hydrogens is 402 g/mol. The minimum atomic E-state index is -0.162. The third-order valence-corrected chi connectivity index (χ3v) is 10.4. The van der Waals surface area contributed by atoms with Gasteiger partial charge in [0.05, 0.1) is 23.9 Å². The van der Waals surface area contributed by atoms with Crippen LogP contribution < -0.4 is 5.32 Å². The molecule has 0 aromatic carbocycles. The van der Waals surface area contributed by atoms with Crippen LogP contribution in [0.4, 0.5) is 0 Å². The van der Waals surface area contributed by atoms with Crippen LogP contribution >= 0.6 is 0 Å². The molecule has 1 N–H and O–H groups in total. The number of oxime groups is 1. The highest BCUT2D eigenvalue weighted by atomic mass is 16.7. The van der Waals surface area contributed by atoms with E-state index in [0.29, 0.717) is 59.7 Å². The van der Waals surface area contributed by atoms with Gasteiger partial charge in [-0.05, 0) is 74.7 Å². The largest absolute Gasteiger partial charge is 0.392 e. The second kappa shape index (κ2) is 7.64. The second-order valence-electron chi connectivity index (χ2n) is 11.9. The van der Waals surface area contributed by atoms with Gasteiger partial charge < -0.3 is 10.2 Å². The molecule has 4 unspecified atom stereocenters. The third-order valence-electron chi connectivity index (χ3n) is 10.4. The Balaban J connectivity index is 1.28. The Morgan fingerprint density at radius 2 is 2.12 bits per heavy atom. The van der Waals surface area contributed by atoms with Gasteiger partial charge in [0.15, 0.2) is 0 Å². The Bertz CT molecular complexity index is 823. The number of hydrogen-bond donors (Lipinski definition) is 1. The highest BCUT2D eigenvalue weighted by Gasteiger charge is 2.67. The zero-order chi connectivity index (χ0) is 22.1. The van der Waals surface area contributed by atoms with Crippen LogP contribution in [0.5, 0.6) is 0 Å². The molecule has 0 amide bonds. The van der Waals surface area contributed by atoms with Gasteiger partial charge in [-0.15, -0.1) is 0 Å². The fourth-order valence-electron chi connectivity index (χ4n) is 8.57. The summed E-state index contributed by atoms with van der Waals surface area (Å²) in [6, 6.07) is 1.15. The summed E-state index contributed by atoms with van der Waals surface area (Å²) in [5, 5.41) is 10.5. The zero-order valence-electron chi connectivity index (χ0n) is 19.7. The first-order valence-electron chi connectivity index (χ1n) is 12.9. The lowest BCUT2D eigenvalue weighted by Gasteiger charge is -2.59. The molecule has 2 heterocycles. The number of nitrogens with one attached hydrogen (secondary N) is 1. The maximum absolute atomic E-state index is 12.9. The summed E-state index contributed by atoms with van der Waals surface area (Å²) in [5.41, 5.74) is 1.37. The van der Waals surface area contributed by atoms with E-state index in [-0.39, 0.29) is 5.41 Å². The number of nitrogens with zero attached hydrogens (tertiary/aromatic N) is 2. The fourth-order valence-corrected chi connectivity index (χ4v) is 8.57. The molecule has 32 heavy (non-hydrogen) atoms. The Kier molecular flexibility index (Phi) is 5.09. The van der Waals surface area contributed by atoms with Crippen molar-refractivity contribution in [2.24, 2.45) is 39.7 Å². The van der Waals surface area contributed by atoms with Gasteiger partial charge in [0.1, 0.15) is 12.4 Å². The van der Waals surface area contributed by atoms with E-state index in [1.807, 2.05) is 0 Å². The van der Waals surface area contributed by atoms with Gasteiger partial charge in [-0.1, -0.05) is 31.7 Å². The predicted octanol–water partition coefficient (Wildman–Crippen LogP) is 3.72. The molecule has 10 atom stereocenters. The normalized spacial score (nSPS) is 52.7. The summed E-state index contributed by atoms with van der Waals surface area (Å²) in [6.45, 7) is 11.1. The number of rotatable bonds is 5. The molecule has 0 spiro atoms. The molecule has 6 aliphatic rings. The third kappa shape index (κ3) is 3.08. The molecule has 176 valence electrons. The summed E-state index contributed by atoms with van der Waals surface area (Å²) in [4.78, 5) is 25.0. The van der Waals surface area contributed by atoms with Crippen LogP contribution in [-0.2, 0) is 14.5 Å². The molecule has 2 saturated heterocycles. The van der Waals surface area contributed by atoms with Crippen LogP contribution in [0.3, 0.4) is 0 Å². The number of ketones is 1. The van der Waals surface area contributed by atoms with Crippen LogP contribution in [0.25, 0.3) is 0 Å². The highest BCUT2D eigenvalue weighted by molar-refractivity contribution is 5.92. The molecule has 0 aromatic heterocycles. The van der Waals surface area contributed by atoms with E-state index in [1.165, 1.54) is 18.6 Å². The second-order valence-corrected chi connectivity index (χ2v) is 11.9. The van der Waals surface area contributed by atoms with Crippen molar-refractivity contribution in [1.82, 2.24) is 10.4 Å². The Morgan fingerprint density at radius 3 is 2.91 bits per heavy atom. The van der Waals surface area contributed by atoms with Crippen molar-refractivity contribution >= 4 is 11.5 Å². The lowest BCUT2D eigenvalue weighted by atomic mass is 9.45. The maximum Gasteiger partial charge on any atom is 0.139 e. The van der Waals surface area contributed by atoms with Crippen molar-refractivity contribution in [3.63, 3.8) is 0 Å². The molecular formula is C26H39N3O3. The van der Waals surface area contributed by atoms with Gasteiger partial charge in [0, 0.05) is 24.3 Å². The molecule has 4 saturated carbocycles. The molecule has 0 radical (unpaired) electrons. The number of carbonyl (C=O) groups excluding carboxylic acids is 1. The summed E-state index contributed by atoms with van der Waals surface area (Å²) < 4.78 is 0. The van der Waals surface area contributed by atoms with Gasteiger partial charge >= 0.3 is 0 Å². The number of carbonyl (C=O) groups is 1. The van der Waals surface area contributed by atoms with E-state index in [0.717, 1.165) is 51.6 Å². The minimum Gasteiger partial charge on any atom is -0.392 e. The summed E-state index contributed by atoms with van der Waals surface area (Å²) in [5.74, 6) is 2.50. The van der Waals surface area contributed by atoms with E-state index in [2.05, 4.69) is 30.8 Å². The molecule has 6 rings (SSSR count).